The number of nitrogens with zero attached hydrogens (tertiary/aromatic N) is 3. The van der Waals surface area contributed by atoms with Gasteiger partial charge in [0.1, 0.15) is 12.2 Å². The largest absolute Gasteiger partial charge is 0.450 e. The fraction of sp³-hybridized carbons (Fsp3) is 0.786. The molecule has 0 radical (unpaired) electrons. The molecule has 0 aliphatic heterocycles. The second-order valence-corrected chi connectivity index (χ2v) is 5.44. The van der Waals surface area contributed by atoms with Crippen molar-refractivity contribution in [2.24, 2.45) is 0 Å². The first-order chi connectivity index (χ1) is 9.70. The van der Waals surface area contributed by atoms with Crippen molar-refractivity contribution in [3.05, 3.63) is 12.2 Å². The number of hydrogen-bond acceptors (Lipinski definition) is 4. The molecule has 1 aliphatic rings. The van der Waals surface area contributed by atoms with Crippen LogP contribution in [-0.4, -0.2) is 33.5 Å². The van der Waals surface area contributed by atoms with Gasteiger partial charge in [-0.25, -0.2) is 4.79 Å². The van der Waals surface area contributed by atoms with E-state index in [0.717, 1.165) is 44.3 Å². The van der Waals surface area contributed by atoms with Gasteiger partial charge in [-0.05, 0) is 39.0 Å². The van der Waals surface area contributed by atoms with Crippen molar-refractivity contribution in [1.29, 1.82) is 0 Å². The summed E-state index contributed by atoms with van der Waals surface area (Å²) in [6, 6.07) is 0.560. The lowest BCUT2D eigenvalue weighted by Gasteiger charge is -2.30. The Balaban J connectivity index is 1.81. The minimum Gasteiger partial charge on any atom is -0.450 e. The zero-order valence-electron chi connectivity index (χ0n) is 12.3. The van der Waals surface area contributed by atoms with Crippen molar-refractivity contribution in [3.8, 4) is 0 Å². The number of aryl methyl sites for hydroxylation is 1. The van der Waals surface area contributed by atoms with Crippen LogP contribution in [0.1, 0.15) is 57.3 Å². The van der Waals surface area contributed by atoms with E-state index in [1.165, 1.54) is 0 Å². The predicted octanol–water partition coefficient (Wildman–Crippen LogP) is 2.60. The maximum absolute atomic E-state index is 11.7. The summed E-state index contributed by atoms with van der Waals surface area (Å²) < 4.78 is 7.26. The number of rotatable bonds is 5. The highest BCUT2D eigenvalue weighted by atomic mass is 16.5. The molecule has 2 rings (SSSR count). The Hall–Kier alpha value is -1.59. The van der Waals surface area contributed by atoms with Gasteiger partial charge in [0, 0.05) is 12.1 Å². The first-order valence-electron chi connectivity index (χ1n) is 7.50. The minimum atomic E-state index is -0.287. The molecule has 1 aliphatic carbocycles. The molecule has 0 saturated heterocycles. The van der Waals surface area contributed by atoms with E-state index >= 15 is 0 Å². The van der Waals surface area contributed by atoms with E-state index in [4.69, 9.17) is 4.74 Å². The van der Waals surface area contributed by atoms with Gasteiger partial charge in [0.2, 0.25) is 0 Å². The molecule has 1 N–H and O–H groups in total. The number of alkyl carbamates (subject to hydrolysis) is 1. The molecule has 0 spiro atoms. The van der Waals surface area contributed by atoms with Crippen LogP contribution in [0, 0.1) is 6.92 Å². The topological polar surface area (TPSA) is 69.0 Å². The molecule has 1 aromatic rings. The zero-order valence-corrected chi connectivity index (χ0v) is 12.3. The highest BCUT2D eigenvalue weighted by molar-refractivity contribution is 5.67. The number of hydrogen-bond donors (Lipinski definition) is 1. The van der Waals surface area contributed by atoms with Crippen molar-refractivity contribution < 1.29 is 9.53 Å². The predicted molar refractivity (Wildman–Crippen MR) is 75.4 cm³/mol. The molecule has 0 bridgehead atoms. The number of carbonyl (C=O) groups excluding carboxylic acids is 1. The Bertz CT molecular complexity index is 433. The van der Waals surface area contributed by atoms with E-state index in [9.17, 15) is 4.79 Å². The number of unbranched alkanes of at least 4 members (excludes halogenated alkanes) is 1. The maximum Gasteiger partial charge on any atom is 0.407 e. The Kier molecular flexibility index (Phi) is 5.38. The Labute approximate surface area is 119 Å². The molecule has 0 aromatic carbocycles. The fourth-order valence-corrected chi connectivity index (χ4v) is 2.72. The fourth-order valence-electron chi connectivity index (χ4n) is 2.72. The molecule has 1 heterocycles. The summed E-state index contributed by atoms with van der Waals surface area (Å²) in [7, 11) is 0. The Morgan fingerprint density at radius 2 is 2.40 bits per heavy atom. The quantitative estimate of drug-likeness (QED) is 0.842. The molecular weight excluding hydrogens is 256 g/mol. The normalized spacial score (nSPS) is 22.5. The number of nitrogens with one attached hydrogen (secondary N) is 1. The number of aromatic nitrogens is 3. The summed E-state index contributed by atoms with van der Waals surface area (Å²) in [6.07, 6.45) is 7.59. The van der Waals surface area contributed by atoms with E-state index in [1.807, 2.05) is 6.92 Å². The summed E-state index contributed by atoms with van der Waals surface area (Å²) in [4.78, 5) is 11.7. The van der Waals surface area contributed by atoms with E-state index in [1.54, 1.807) is 6.33 Å². The summed E-state index contributed by atoms with van der Waals surface area (Å²) in [5.41, 5.74) is 0. The van der Waals surface area contributed by atoms with Crippen molar-refractivity contribution >= 4 is 6.09 Å². The zero-order chi connectivity index (χ0) is 14.4. The third-order valence-electron chi connectivity index (χ3n) is 3.85. The smallest absolute Gasteiger partial charge is 0.407 e. The molecule has 112 valence electrons. The van der Waals surface area contributed by atoms with Gasteiger partial charge in [0.05, 0.1) is 6.61 Å². The Morgan fingerprint density at radius 3 is 3.10 bits per heavy atom. The third-order valence-corrected chi connectivity index (χ3v) is 3.85. The molecule has 0 unspecified atom stereocenters. The number of ether oxygens (including phenoxy) is 1. The van der Waals surface area contributed by atoms with Crippen LogP contribution in [0.15, 0.2) is 6.33 Å². The number of carbonyl (C=O) groups is 1. The van der Waals surface area contributed by atoms with Crippen LogP contribution in [0.3, 0.4) is 0 Å². The second-order valence-electron chi connectivity index (χ2n) is 5.44. The van der Waals surface area contributed by atoms with Gasteiger partial charge in [-0.2, -0.15) is 0 Å². The molecule has 1 saturated carbocycles. The van der Waals surface area contributed by atoms with Gasteiger partial charge in [0.15, 0.2) is 0 Å². The van der Waals surface area contributed by atoms with E-state index < -0.39 is 0 Å². The highest BCUT2D eigenvalue weighted by Gasteiger charge is 2.25. The molecule has 1 amide bonds. The van der Waals surface area contributed by atoms with Crippen LogP contribution in [0.4, 0.5) is 4.79 Å². The second kappa shape index (κ2) is 7.26. The van der Waals surface area contributed by atoms with Crippen molar-refractivity contribution in [2.75, 3.05) is 6.61 Å². The third kappa shape index (κ3) is 3.95. The van der Waals surface area contributed by atoms with E-state index in [2.05, 4.69) is 27.0 Å². The maximum atomic E-state index is 11.7. The first kappa shape index (κ1) is 14.8. The van der Waals surface area contributed by atoms with E-state index in [0.29, 0.717) is 12.6 Å². The van der Waals surface area contributed by atoms with Gasteiger partial charge >= 0.3 is 6.09 Å². The minimum absolute atomic E-state index is 0.185. The van der Waals surface area contributed by atoms with Crippen LogP contribution in [0.25, 0.3) is 0 Å². The Morgan fingerprint density at radius 1 is 1.55 bits per heavy atom. The molecule has 20 heavy (non-hydrogen) atoms. The van der Waals surface area contributed by atoms with E-state index in [-0.39, 0.29) is 12.1 Å². The standard InChI is InChI=1S/C14H24N4O2/c1-3-4-8-20-14(19)16-12-6-5-7-13(9-12)18-10-15-17-11(18)2/h10,12-13H,3-9H2,1-2H3,(H,16,19)/t12-,13+/m0/s1. The average molecular weight is 280 g/mol. The van der Waals surface area contributed by atoms with Crippen LogP contribution >= 0.6 is 0 Å². The lowest BCUT2D eigenvalue weighted by atomic mass is 9.91. The van der Waals surface area contributed by atoms with Gasteiger partial charge < -0.3 is 14.6 Å². The molecule has 2 atom stereocenters. The van der Waals surface area contributed by atoms with Crippen molar-refractivity contribution in [1.82, 2.24) is 20.1 Å². The van der Waals surface area contributed by atoms with Crippen molar-refractivity contribution in [3.63, 3.8) is 0 Å². The SMILES string of the molecule is CCCCOC(=O)N[C@H]1CCC[C@@H](n2cnnc2C)C1. The summed E-state index contributed by atoms with van der Waals surface area (Å²) in [5.74, 6) is 0.932. The molecule has 1 aromatic heterocycles. The number of amides is 1. The first-order valence-corrected chi connectivity index (χ1v) is 7.50. The van der Waals surface area contributed by atoms with Crippen LogP contribution in [-0.2, 0) is 4.74 Å². The van der Waals surface area contributed by atoms with Gasteiger partial charge in [-0.15, -0.1) is 10.2 Å². The highest BCUT2D eigenvalue weighted by Crippen LogP contribution is 2.28. The monoisotopic (exact) mass is 280 g/mol. The van der Waals surface area contributed by atoms with Crippen LogP contribution in [0.5, 0.6) is 0 Å². The molecule has 6 nitrogen and oxygen atoms in total. The summed E-state index contributed by atoms with van der Waals surface area (Å²) >= 11 is 0. The average Bonchev–Trinajstić information content (AvgIpc) is 2.85. The summed E-state index contributed by atoms with van der Waals surface area (Å²) in [5, 5.41) is 10.9. The van der Waals surface area contributed by atoms with Gasteiger partial charge in [0.25, 0.3) is 0 Å². The van der Waals surface area contributed by atoms with Gasteiger partial charge in [-0.1, -0.05) is 13.3 Å². The van der Waals surface area contributed by atoms with Crippen LogP contribution in [0.2, 0.25) is 0 Å². The van der Waals surface area contributed by atoms with Gasteiger partial charge in [-0.3, -0.25) is 0 Å². The lowest BCUT2D eigenvalue weighted by Crippen LogP contribution is -2.39. The lowest BCUT2D eigenvalue weighted by molar-refractivity contribution is 0.135. The summed E-state index contributed by atoms with van der Waals surface area (Å²) in [6.45, 7) is 4.54. The molecule has 1 fully saturated rings. The molecule has 6 heteroatoms. The molecular formula is C14H24N4O2. The van der Waals surface area contributed by atoms with Crippen LogP contribution < -0.4 is 5.32 Å². The van der Waals surface area contributed by atoms with Crippen molar-refractivity contribution in [2.45, 2.75) is 64.5 Å².